The van der Waals surface area contributed by atoms with Gasteiger partial charge in [-0.25, -0.2) is 0 Å². The normalized spacial score (nSPS) is 15.5. The molecule has 0 radical (unpaired) electrons. The summed E-state index contributed by atoms with van der Waals surface area (Å²) in [6.45, 7) is 1.08. The van der Waals surface area contributed by atoms with Crippen LogP contribution in [0.5, 0.6) is 0 Å². The number of aromatic nitrogens is 2. The molecule has 0 spiro atoms. The van der Waals surface area contributed by atoms with E-state index in [0.717, 1.165) is 17.5 Å². The first-order valence-electron chi connectivity index (χ1n) is 8.13. The second-order valence-corrected chi connectivity index (χ2v) is 6.42. The van der Waals surface area contributed by atoms with E-state index in [-0.39, 0.29) is 12.3 Å². The van der Waals surface area contributed by atoms with Crippen molar-refractivity contribution < 1.29 is 14.7 Å². The van der Waals surface area contributed by atoms with Gasteiger partial charge in [-0.3, -0.25) is 14.3 Å². The average Bonchev–Trinajstić information content (AvgIpc) is 3.02. The summed E-state index contributed by atoms with van der Waals surface area (Å²) in [5, 5.41) is 16.3. The molecular formula is C18H21N3O3. The molecule has 0 bridgehead atoms. The molecule has 1 aromatic heterocycles. The van der Waals surface area contributed by atoms with Crippen molar-refractivity contribution >= 4 is 11.9 Å². The second kappa shape index (κ2) is 6.86. The summed E-state index contributed by atoms with van der Waals surface area (Å²) in [5.74, 6) is -1.06. The predicted molar refractivity (Wildman–Crippen MR) is 88.2 cm³/mol. The lowest BCUT2D eigenvalue weighted by atomic mass is 9.66. The van der Waals surface area contributed by atoms with E-state index in [1.54, 1.807) is 6.20 Å². The molecule has 2 aromatic rings. The zero-order chi connectivity index (χ0) is 17.0. The number of benzene rings is 1. The van der Waals surface area contributed by atoms with Gasteiger partial charge in [0.1, 0.15) is 0 Å². The monoisotopic (exact) mass is 327 g/mol. The fraction of sp³-hybridized carbons (Fsp3) is 0.389. The van der Waals surface area contributed by atoms with E-state index >= 15 is 0 Å². The van der Waals surface area contributed by atoms with Crippen molar-refractivity contribution in [2.75, 3.05) is 0 Å². The molecule has 1 heterocycles. The smallest absolute Gasteiger partial charge is 0.310 e. The van der Waals surface area contributed by atoms with Crippen molar-refractivity contribution in [1.29, 1.82) is 0 Å². The summed E-state index contributed by atoms with van der Waals surface area (Å²) < 4.78 is 1.84. The number of hydrogen-bond donors (Lipinski definition) is 2. The van der Waals surface area contributed by atoms with Crippen LogP contribution in [-0.2, 0) is 22.7 Å². The Bertz CT molecular complexity index is 721. The first kappa shape index (κ1) is 16.2. The molecule has 1 amide bonds. The number of nitrogens with zero attached hydrogens (tertiary/aromatic N) is 2. The molecule has 1 saturated carbocycles. The number of aliphatic carboxylic acids is 1. The third-order valence-electron chi connectivity index (χ3n) is 4.65. The summed E-state index contributed by atoms with van der Waals surface area (Å²) in [5.41, 5.74) is 1.25. The van der Waals surface area contributed by atoms with E-state index in [0.29, 0.717) is 25.9 Å². The van der Waals surface area contributed by atoms with E-state index in [2.05, 4.69) is 10.4 Å². The topological polar surface area (TPSA) is 84.2 Å². The van der Waals surface area contributed by atoms with Gasteiger partial charge in [0.2, 0.25) is 5.91 Å². The number of nitrogens with one attached hydrogen (secondary N) is 1. The predicted octanol–water partition coefficient (Wildman–Crippen LogP) is 2.19. The van der Waals surface area contributed by atoms with Crippen LogP contribution in [0.3, 0.4) is 0 Å². The Balaban J connectivity index is 1.54. The van der Waals surface area contributed by atoms with Gasteiger partial charge in [-0.15, -0.1) is 0 Å². The van der Waals surface area contributed by atoms with Gasteiger partial charge < -0.3 is 10.4 Å². The summed E-state index contributed by atoms with van der Waals surface area (Å²) in [6.07, 6.45) is 5.77. The van der Waals surface area contributed by atoms with Crippen LogP contribution in [0.15, 0.2) is 42.7 Å². The van der Waals surface area contributed by atoms with Crippen molar-refractivity contribution in [2.45, 2.75) is 38.8 Å². The van der Waals surface area contributed by atoms with Gasteiger partial charge in [0.05, 0.1) is 12.0 Å². The Hall–Kier alpha value is -2.63. The lowest BCUT2D eigenvalue weighted by Crippen LogP contribution is -2.42. The van der Waals surface area contributed by atoms with Crippen LogP contribution < -0.4 is 5.32 Å². The maximum absolute atomic E-state index is 12.1. The molecule has 0 aliphatic heterocycles. The number of hydrogen-bond acceptors (Lipinski definition) is 3. The summed E-state index contributed by atoms with van der Waals surface area (Å²) in [6, 6.07) is 9.82. The van der Waals surface area contributed by atoms with Gasteiger partial charge in [0.15, 0.2) is 0 Å². The molecule has 1 fully saturated rings. The minimum atomic E-state index is -0.856. The highest BCUT2D eigenvalue weighted by Crippen LogP contribution is 2.44. The number of carboxylic acid groups (broad SMARTS) is 1. The lowest BCUT2D eigenvalue weighted by molar-refractivity contribution is -0.157. The Kier molecular flexibility index (Phi) is 4.64. The largest absolute Gasteiger partial charge is 0.481 e. The first-order chi connectivity index (χ1) is 11.6. The zero-order valence-corrected chi connectivity index (χ0v) is 13.4. The van der Waals surface area contributed by atoms with Crippen molar-refractivity contribution in [3.8, 4) is 0 Å². The molecule has 0 atom stereocenters. The van der Waals surface area contributed by atoms with E-state index in [4.69, 9.17) is 0 Å². The molecule has 1 aliphatic carbocycles. The maximum atomic E-state index is 12.1. The summed E-state index contributed by atoms with van der Waals surface area (Å²) >= 11 is 0. The molecule has 126 valence electrons. The fourth-order valence-corrected chi connectivity index (χ4v) is 3.06. The van der Waals surface area contributed by atoms with Crippen LogP contribution in [0.25, 0.3) is 0 Å². The molecule has 3 rings (SSSR count). The number of carbonyl (C=O) groups excluding carboxylic acids is 1. The molecule has 24 heavy (non-hydrogen) atoms. The number of amides is 1. The Morgan fingerprint density at radius 3 is 2.67 bits per heavy atom. The number of carboxylic acids is 1. The SMILES string of the molecule is O=C(CC1(C(=O)O)CCC1)NCc1cccc(Cn2cccn2)c1. The third kappa shape index (κ3) is 3.64. The van der Waals surface area contributed by atoms with Gasteiger partial charge in [-0.1, -0.05) is 30.7 Å². The highest BCUT2D eigenvalue weighted by Gasteiger charge is 2.45. The first-order valence-corrected chi connectivity index (χ1v) is 8.13. The van der Waals surface area contributed by atoms with E-state index in [9.17, 15) is 14.7 Å². The molecular weight excluding hydrogens is 306 g/mol. The highest BCUT2D eigenvalue weighted by atomic mass is 16.4. The van der Waals surface area contributed by atoms with Crippen LogP contribution in [0.4, 0.5) is 0 Å². The summed E-state index contributed by atoms with van der Waals surface area (Å²) in [7, 11) is 0. The van der Waals surface area contributed by atoms with Crippen LogP contribution in [0, 0.1) is 5.41 Å². The van der Waals surface area contributed by atoms with Gasteiger partial charge in [-0.05, 0) is 30.0 Å². The van der Waals surface area contributed by atoms with Gasteiger partial charge in [-0.2, -0.15) is 5.10 Å². The second-order valence-electron chi connectivity index (χ2n) is 6.42. The molecule has 2 N–H and O–H groups in total. The van der Waals surface area contributed by atoms with Crippen molar-refractivity contribution in [3.05, 3.63) is 53.9 Å². The van der Waals surface area contributed by atoms with Gasteiger partial charge in [0.25, 0.3) is 0 Å². The number of carbonyl (C=O) groups is 2. The Labute approximate surface area is 140 Å². The molecule has 0 saturated heterocycles. The van der Waals surface area contributed by atoms with Crippen LogP contribution in [0.1, 0.15) is 36.8 Å². The van der Waals surface area contributed by atoms with Crippen molar-refractivity contribution in [1.82, 2.24) is 15.1 Å². The molecule has 6 nitrogen and oxygen atoms in total. The van der Waals surface area contributed by atoms with Crippen LogP contribution >= 0.6 is 0 Å². The van der Waals surface area contributed by atoms with E-state index in [1.807, 2.05) is 41.2 Å². The van der Waals surface area contributed by atoms with E-state index < -0.39 is 11.4 Å². The van der Waals surface area contributed by atoms with Crippen molar-refractivity contribution in [2.24, 2.45) is 5.41 Å². The van der Waals surface area contributed by atoms with E-state index in [1.165, 1.54) is 0 Å². The molecule has 1 aliphatic rings. The third-order valence-corrected chi connectivity index (χ3v) is 4.65. The number of rotatable bonds is 7. The van der Waals surface area contributed by atoms with Gasteiger partial charge in [0, 0.05) is 25.4 Å². The lowest BCUT2D eigenvalue weighted by Gasteiger charge is -2.36. The summed E-state index contributed by atoms with van der Waals surface area (Å²) in [4.78, 5) is 23.4. The average molecular weight is 327 g/mol. The van der Waals surface area contributed by atoms with Crippen LogP contribution in [-0.4, -0.2) is 26.8 Å². The fourth-order valence-electron chi connectivity index (χ4n) is 3.06. The Morgan fingerprint density at radius 1 is 1.25 bits per heavy atom. The molecule has 0 unspecified atom stereocenters. The molecule has 6 heteroatoms. The standard InChI is InChI=1S/C18H21N3O3/c22-16(11-18(17(23)24)6-2-7-18)19-12-14-4-1-5-15(10-14)13-21-9-3-8-20-21/h1,3-5,8-10H,2,6-7,11-13H2,(H,19,22)(H,23,24). The maximum Gasteiger partial charge on any atom is 0.310 e. The van der Waals surface area contributed by atoms with Crippen molar-refractivity contribution in [3.63, 3.8) is 0 Å². The molecule has 1 aromatic carbocycles. The van der Waals surface area contributed by atoms with Crippen LogP contribution in [0.2, 0.25) is 0 Å². The minimum Gasteiger partial charge on any atom is -0.481 e. The highest BCUT2D eigenvalue weighted by molar-refractivity contribution is 5.85. The minimum absolute atomic E-state index is 0.0648. The quantitative estimate of drug-likeness (QED) is 0.816. The Morgan fingerprint density at radius 2 is 2.04 bits per heavy atom. The zero-order valence-electron chi connectivity index (χ0n) is 13.4. The van der Waals surface area contributed by atoms with Gasteiger partial charge >= 0.3 is 5.97 Å².